The summed E-state index contributed by atoms with van der Waals surface area (Å²) in [5, 5.41) is 2.09. The van der Waals surface area contributed by atoms with E-state index in [0.717, 1.165) is 50.5 Å². The lowest BCUT2D eigenvalue weighted by Gasteiger charge is -2.12. The zero-order valence-electron chi connectivity index (χ0n) is 18.0. The molecule has 150 valence electrons. The average molecular weight is 397 g/mol. The fourth-order valence-corrected chi connectivity index (χ4v) is 4.09. The number of nitrogens with zero attached hydrogens (tertiary/aromatic N) is 2. The normalized spacial score (nSPS) is 12.2. The van der Waals surface area contributed by atoms with Crippen LogP contribution in [0.15, 0.2) is 69.6 Å². The van der Waals surface area contributed by atoms with E-state index < -0.39 is 0 Å². The molecular weight excluding hydrogens is 372 g/mol. The van der Waals surface area contributed by atoms with E-state index in [4.69, 9.17) is 8.83 Å². The average Bonchev–Trinajstić information content (AvgIpc) is 3.25. The zero-order chi connectivity index (χ0) is 21.0. The van der Waals surface area contributed by atoms with Crippen molar-refractivity contribution in [2.24, 2.45) is 0 Å². The number of pyridine rings is 1. The number of furan rings is 1. The number of benzene rings is 2. The van der Waals surface area contributed by atoms with Crippen LogP contribution in [0.25, 0.3) is 39.1 Å². The fourth-order valence-electron chi connectivity index (χ4n) is 4.09. The standard InChI is InChI=1S/C26H25N2O2/c1-16-14-22-20(19-12-9-13-27-24(19)29-22)15-21(16)28-17(2)23(18-10-7-6-8-11-18)30-25(28)26(3,4)5/h6-15H,1-5H3/q+1. The third-order valence-corrected chi connectivity index (χ3v) is 5.55. The molecule has 0 unspecified atom stereocenters. The van der Waals surface area contributed by atoms with Crippen molar-refractivity contribution in [3.05, 3.63) is 77.9 Å². The summed E-state index contributed by atoms with van der Waals surface area (Å²) in [7, 11) is 0. The molecule has 5 aromatic rings. The summed E-state index contributed by atoms with van der Waals surface area (Å²) >= 11 is 0. The molecule has 0 saturated carbocycles. The first-order valence-electron chi connectivity index (χ1n) is 10.2. The molecule has 3 heterocycles. The van der Waals surface area contributed by atoms with Crippen molar-refractivity contribution >= 4 is 22.1 Å². The van der Waals surface area contributed by atoms with Gasteiger partial charge in [-0.3, -0.25) is 0 Å². The molecular formula is C26H25N2O2+. The Labute approximate surface area is 175 Å². The van der Waals surface area contributed by atoms with Crippen molar-refractivity contribution in [1.82, 2.24) is 4.98 Å². The first kappa shape index (κ1) is 18.6. The molecule has 4 heteroatoms. The fraction of sp³-hybridized carbons (Fsp3) is 0.231. The van der Waals surface area contributed by atoms with Gasteiger partial charge in [0, 0.05) is 41.1 Å². The van der Waals surface area contributed by atoms with Gasteiger partial charge in [0.15, 0.2) is 0 Å². The Balaban J connectivity index is 1.83. The van der Waals surface area contributed by atoms with Gasteiger partial charge in [-0.1, -0.05) is 30.3 Å². The number of aryl methyl sites for hydroxylation is 1. The molecule has 0 radical (unpaired) electrons. The van der Waals surface area contributed by atoms with E-state index in [0.29, 0.717) is 5.71 Å². The van der Waals surface area contributed by atoms with Crippen LogP contribution >= 0.6 is 0 Å². The highest BCUT2D eigenvalue weighted by Gasteiger charge is 2.37. The lowest BCUT2D eigenvalue weighted by molar-refractivity contribution is -0.619. The molecule has 0 saturated heterocycles. The lowest BCUT2D eigenvalue weighted by Crippen LogP contribution is -2.41. The summed E-state index contributed by atoms with van der Waals surface area (Å²) in [6.07, 6.45) is 1.76. The Morgan fingerprint density at radius 3 is 2.37 bits per heavy atom. The minimum Gasteiger partial charge on any atom is -0.438 e. The first-order chi connectivity index (χ1) is 14.3. The van der Waals surface area contributed by atoms with Crippen molar-refractivity contribution in [3.63, 3.8) is 0 Å². The quantitative estimate of drug-likeness (QED) is 0.322. The van der Waals surface area contributed by atoms with Gasteiger partial charge in [-0.25, -0.2) is 4.98 Å². The van der Waals surface area contributed by atoms with Gasteiger partial charge in [0.25, 0.3) is 0 Å². The number of rotatable bonds is 2. The highest BCUT2D eigenvalue weighted by atomic mass is 16.4. The van der Waals surface area contributed by atoms with E-state index in [-0.39, 0.29) is 5.41 Å². The molecule has 0 fully saturated rings. The molecule has 2 aromatic carbocycles. The second-order valence-corrected chi connectivity index (χ2v) is 8.87. The Kier molecular flexibility index (Phi) is 4.07. The van der Waals surface area contributed by atoms with Gasteiger partial charge in [0.05, 0.1) is 5.41 Å². The number of fused-ring (bicyclic) bond motifs is 3. The smallest absolute Gasteiger partial charge is 0.359 e. The summed E-state index contributed by atoms with van der Waals surface area (Å²) in [5.41, 5.74) is 5.74. The number of hydrogen-bond acceptors (Lipinski definition) is 3. The minimum atomic E-state index is -0.167. The second kappa shape index (κ2) is 6.56. The van der Waals surface area contributed by atoms with Crippen LogP contribution in [0.1, 0.15) is 37.9 Å². The van der Waals surface area contributed by atoms with E-state index >= 15 is 0 Å². The molecule has 0 bridgehead atoms. The van der Waals surface area contributed by atoms with Crippen LogP contribution in [0.2, 0.25) is 0 Å². The van der Waals surface area contributed by atoms with Crippen LogP contribution in [0.4, 0.5) is 0 Å². The molecule has 4 nitrogen and oxygen atoms in total. The maximum absolute atomic E-state index is 6.51. The summed E-state index contributed by atoms with van der Waals surface area (Å²) in [6, 6.07) is 18.6. The van der Waals surface area contributed by atoms with E-state index in [1.165, 1.54) is 0 Å². The molecule has 5 rings (SSSR count). The molecule has 0 amide bonds. The van der Waals surface area contributed by atoms with E-state index in [1.54, 1.807) is 6.20 Å². The largest absolute Gasteiger partial charge is 0.438 e. The van der Waals surface area contributed by atoms with Crippen molar-refractivity contribution in [2.45, 2.75) is 40.0 Å². The Hall–Kier alpha value is -3.40. The van der Waals surface area contributed by atoms with E-state index in [2.05, 4.69) is 74.5 Å². The highest BCUT2D eigenvalue weighted by molar-refractivity contribution is 6.04. The van der Waals surface area contributed by atoms with Crippen molar-refractivity contribution in [2.75, 3.05) is 0 Å². The van der Waals surface area contributed by atoms with Gasteiger partial charge in [0.2, 0.25) is 22.9 Å². The van der Waals surface area contributed by atoms with Crippen LogP contribution in [-0.2, 0) is 5.41 Å². The first-order valence-corrected chi connectivity index (χ1v) is 10.2. The summed E-state index contributed by atoms with van der Waals surface area (Å²) in [5.74, 6) is 1.82. The van der Waals surface area contributed by atoms with Gasteiger partial charge >= 0.3 is 5.89 Å². The second-order valence-electron chi connectivity index (χ2n) is 8.87. The molecule has 0 N–H and O–H groups in total. The van der Waals surface area contributed by atoms with Crippen molar-refractivity contribution in [1.29, 1.82) is 0 Å². The molecule has 0 spiro atoms. The van der Waals surface area contributed by atoms with Gasteiger partial charge in [-0.05, 0) is 45.9 Å². The predicted molar refractivity (Wildman–Crippen MR) is 119 cm³/mol. The minimum absolute atomic E-state index is 0.167. The highest BCUT2D eigenvalue weighted by Crippen LogP contribution is 2.34. The topological polar surface area (TPSA) is 43.0 Å². The SMILES string of the molecule is Cc1cc2oc3ncccc3c2cc1-[n+]1c(C(C)(C)C)oc(-c2ccccc2)c1C. The van der Waals surface area contributed by atoms with Crippen LogP contribution in [0.3, 0.4) is 0 Å². The maximum atomic E-state index is 6.51. The Bertz CT molecular complexity index is 1390. The predicted octanol–water partition coefficient (Wildman–Crippen LogP) is 6.43. The maximum Gasteiger partial charge on any atom is 0.359 e. The van der Waals surface area contributed by atoms with Crippen LogP contribution in [-0.4, -0.2) is 4.98 Å². The molecule has 30 heavy (non-hydrogen) atoms. The van der Waals surface area contributed by atoms with Gasteiger partial charge in [0.1, 0.15) is 5.58 Å². The van der Waals surface area contributed by atoms with E-state index in [1.807, 2.05) is 24.3 Å². The zero-order valence-corrected chi connectivity index (χ0v) is 18.0. The molecule has 0 aliphatic rings. The molecule has 0 aliphatic carbocycles. The van der Waals surface area contributed by atoms with Crippen LogP contribution in [0, 0.1) is 13.8 Å². The van der Waals surface area contributed by atoms with Crippen LogP contribution < -0.4 is 4.57 Å². The van der Waals surface area contributed by atoms with Gasteiger partial charge in [-0.2, -0.15) is 0 Å². The third kappa shape index (κ3) is 2.83. The van der Waals surface area contributed by atoms with Gasteiger partial charge in [-0.15, -0.1) is 4.57 Å². The molecule has 0 atom stereocenters. The van der Waals surface area contributed by atoms with E-state index in [9.17, 15) is 0 Å². The third-order valence-electron chi connectivity index (χ3n) is 5.55. The summed E-state index contributed by atoms with van der Waals surface area (Å²) in [6.45, 7) is 10.8. The van der Waals surface area contributed by atoms with Crippen molar-refractivity contribution in [3.8, 4) is 17.0 Å². The number of aromatic nitrogens is 2. The summed E-state index contributed by atoms with van der Waals surface area (Å²) in [4.78, 5) is 4.38. The Morgan fingerprint density at radius 1 is 0.867 bits per heavy atom. The van der Waals surface area contributed by atoms with Gasteiger partial charge < -0.3 is 8.83 Å². The van der Waals surface area contributed by atoms with Crippen molar-refractivity contribution < 1.29 is 13.4 Å². The monoisotopic (exact) mass is 397 g/mol. The number of oxazole rings is 1. The summed E-state index contributed by atoms with van der Waals surface area (Å²) < 4.78 is 14.8. The molecule has 0 aliphatic heterocycles. The number of hydrogen-bond donors (Lipinski definition) is 0. The van der Waals surface area contributed by atoms with Crippen LogP contribution in [0.5, 0.6) is 0 Å². The lowest BCUT2D eigenvalue weighted by atomic mass is 9.96. The Morgan fingerprint density at radius 2 is 1.63 bits per heavy atom. The molecule has 3 aromatic heterocycles.